The van der Waals surface area contributed by atoms with E-state index in [0.29, 0.717) is 11.4 Å². The third-order valence-corrected chi connectivity index (χ3v) is 5.00. The van der Waals surface area contributed by atoms with E-state index < -0.39 is 0 Å². The van der Waals surface area contributed by atoms with Gasteiger partial charge in [-0.1, -0.05) is 19.8 Å². The maximum absolute atomic E-state index is 11.1. The van der Waals surface area contributed by atoms with E-state index in [0.717, 1.165) is 43.9 Å². The molecular formula is C17H25N5O. The van der Waals surface area contributed by atoms with Crippen LogP contribution in [0.25, 0.3) is 0 Å². The molecule has 1 aliphatic carbocycles. The molecule has 4 rings (SSSR count). The molecule has 3 N–H and O–H groups in total. The zero-order chi connectivity index (χ0) is 16.4. The Hall–Kier alpha value is -2.11. The lowest BCUT2D eigenvalue weighted by Crippen LogP contribution is -2.53. The Kier molecular flexibility index (Phi) is 4.50. The highest BCUT2D eigenvalue weighted by Crippen LogP contribution is 2.34. The summed E-state index contributed by atoms with van der Waals surface area (Å²) in [5.41, 5.74) is 8.05. The van der Waals surface area contributed by atoms with Gasteiger partial charge in [0, 0.05) is 37.6 Å². The molecule has 3 fully saturated rings. The van der Waals surface area contributed by atoms with Crippen LogP contribution >= 0.6 is 0 Å². The number of nitrogens with two attached hydrogens (primary N) is 1. The number of rotatable bonds is 3. The molecule has 2 bridgehead atoms. The molecule has 0 aromatic carbocycles. The molecule has 3 heterocycles. The number of nitrogens with one attached hydrogen (secondary N) is 1. The Morgan fingerprint density at radius 1 is 1.26 bits per heavy atom. The number of pyridine rings is 1. The highest BCUT2D eigenvalue weighted by atomic mass is 16.1. The van der Waals surface area contributed by atoms with Crippen molar-refractivity contribution in [3.05, 3.63) is 18.0 Å². The van der Waals surface area contributed by atoms with Gasteiger partial charge in [0.25, 0.3) is 0 Å². The normalized spacial score (nSPS) is 25.6. The van der Waals surface area contributed by atoms with Crippen LogP contribution in [0.2, 0.25) is 0 Å². The Labute approximate surface area is 137 Å². The summed E-state index contributed by atoms with van der Waals surface area (Å²) in [6.07, 6.45) is 8.92. The molecule has 0 radical (unpaired) electrons. The van der Waals surface area contributed by atoms with Gasteiger partial charge >= 0.3 is 0 Å². The first-order valence-corrected chi connectivity index (χ1v) is 8.36. The summed E-state index contributed by atoms with van der Waals surface area (Å²) in [4.78, 5) is 19.3. The number of hydrogen-bond donors (Lipinski definition) is 2. The number of carbonyl (C=O) groups excluding carboxylic acids is 1. The van der Waals surface area contributed by atoms with Crippen molar-refractivity contribution in [2.45, 2.75) is 44.7 Å². The minimum Gasteiger partial charge on any atom is -0.395 e. The molecule has 2 atom stereocenters. The van der Waals surface area contributed by atoms with Crippen LogP contribution in [0.5, 0.6) is 0 Å². The first-order chi connectivity index (χ1) is 11.1. The molecular weight excluding hydrogens is 290 g/mol. The van der Waals surface area contributed by atoms with Crippen molar-refractivity contribution >= 4 is 24.0 Å². The summed E-state index contributed by atoms with van der Waals surface area (Å²) in [6.45, 7) is 3.89. The number of amides is 1. The zero-order valence-corrected chi connectivity index (χ0v) is 13.6. The standard InChI is InChI=1S/C13H17N5O.C4H8/c14-5-11-13(15)12(3-4-16-11)17-6-9-1-2-10(7-17)18(9)8-19;1-4-2-3-4/h3-5,8-10,14H,1-2,6-7,15H2;4H,2-3H2,1H3. The van der Waals surface area contributed by atoms with Gasteiger partial charge < -0.3 is 20.9 Å². The van der Waals surface area contributed by atoms with Gasteiger partial charge in [0.15, 0.2) is 0 Å². The lowest BCUT2D eigenvalue weighted by atomic mass is 10.1. The average molecular weight is 315 g/mol. The van der Waals surface area contributed by atoms with E-state index in [1.807, 2.05) is 11.0 Å². The summed E-state index contributed by atoms with van der Waals surface area (Å²) in [7, 11) is 0. The first-order valence-electron chi connectivity index (χ1n) is 8.36. The lowest BCUT2D eigenvalue weighted by Gasteiger charge is -2.40. The third kappa shape index (κ3) is 3.30. The molecule has 1 aromatic heterocycles. The SMILES string of the molecule is CC1CC1.N=Cc1nccc(N2CC3CCC(C2)N3C=O)c1N. The van der Waals surface area contributed by atoms with Gasteiger partial charge in [-0.3, -0.25) is 9.78 Å². The largest absolute Gasteiger partial charge is 0.395 e. The highest BCUT2D eigenvalue weighted by Gasteiger charge is 2.39. The van der Waals surface area contributed by atoms with Crippen LogP contribution in [0, 0.1) is 11.3 Å². The van der Waals surface area contributed by atoms with Crippen molar-refractivity contribution < 1.29 is 4.79 Å². The predicted octanol–water partition coefficient (Wildman–Crippen LogP) is 1.89. The van der Waals surface area contributed by atoms with Crippen LogP contribution in [0.1, 0.15) is 38.3 Å². The number of anilines is 2. The monoisotopic (exact) mass is 315 g/mol. The molecule has 2 saturated heterocycles. The fourth-order valence-corrected chi connectivity index (χ4v) is 3.34. The van der Waals surface area contributed by atoms with Gasteiger partial charge in [0.2, 0.25) is 6.41 Å². The van der Waals surface area contributed by atoms with Gasteiger partial charge in [0.05, 0.1) is 11.4 Å². The van der Waals surface area contributed by atoms with Gasteiger partial charge in [-0.2, -0.15) is 0 Å². The second kappa shape index (κ2) is 6.56. The molecule has 1 saturated carbocycles. The third-order valence-electron chi connectivity index (χ3n) is 5.00. The highest BCUT2D eigenvalue weighted by molar-refractivity contribution is 5.88. The molecule has 3 aliphatic rings. The summed E-state index contributed by atoms with van der Waals surface area (Å²) < 4.78 is 0. The summed E-state index contributed by atoms with van der Waals surface area (Å²) >= 11 is 0. The lowest BCUT2D eigenvalue weighted by molar-refractivity contribution is -0.121. The fourth-order valence-electron chi connectivity index (χ4n) is 3.34. The van der Waals surface area contributed by atoms with Crippen molar-refractivity contribution in [3.63, 3.8) is 0 Å². The van der Waals surface area contributed by atoms with Gasteiger partial charge in [0.1, 0.15) is 5.69 Å². The Morgan fingerprint density at radius 2 is 1.87 bits per heavy atom. The quantitative estimate of drug-likeness (QED) is 0.659. The number of piperazine rings is 1. The van der Waals surface area contributed by atoms with E-state index in [-0.39, 0.29) is 12.1 Å². The Bertz CT molecular complexity index is 572. The topological polar surface area (TPSA) is 86.3 Å². The second-order valence-corrected chi connectivity index (χ2v) is 6.80. The van der Waals surface area contributed by atoms with Gasteiger partial charge in [-0.15, -0.1) is 0 Å². The molecule has 124 valence electrons. The van der Waals surface area contributed by atoms with E-state index in [1.54, 1.807) is 6.20 Å². The van der Waals surface area contributed by atoms with Crippen LogP contribution in [0.3, 0.4) is 0 Å². The van der Waals surface area contributed by atoms with Crippen LogP contribution in [0.15, 0.2) is 12.3 Å². The van der Waals surface area contributed by atoms with E-state index in [1.165, 1.54) is 19.1 Å². The molecule has 23 heavy (non-hydrogen) atoms. The number of fused-ring (bicyclic) bond motifs is 2. The van der Waals surface area contributed by atoms with Crippen molar-refractivity contribution in [2.24, 2.45) is 5.92 Å². The van der Waals surface area contributed by atoms with Crippen molar-refractivity contribution in [3.8, 4) is 0 Å². The number of carbonyl (C=O) groups is 1. The maximum atomic E-state index is 11.1. The molecule has 1 aromatic rings. The number of hydrogen-bond acceptors (Lipinski definition) is 5. The smallest absolute Gasteiger partial charge is 0.210 e. The molecule has 6 heteroatoms. The van der Waals surface area contributed by atoms with Crippen molar-refractivity contribution in [1.82, 2.24) is 9.88 Å². The number of nitrogens with zero attached hydrogens (tertiary/aromatic N) is 3. The zero-order valence-electron chi connectivity index (χ0n) is 13.6. The number of nitrogen functional groups attached to an aromatic ring is 1. The summed E-state index contributed by atoms with van der Waals surface area (Å²) in [5, 5.41) is 7.31. The Balaban J connectivity index is 0.000000341. The summed E-state index contributed by atoms with van der Waals surface area (Å²) in [5.74, 6) is 1.08. The van der Waals surface area contributed by atoms with Gasteiger partial charge in [-0.05, 0) is 24.8 Å². The molecule has 0 spiro atoms. The van der Waals surface area contributed by atoms with Crippen molar-refractivity contribution in [1.29, 1.82) is 5.41 Å². The second-order valence-electron chi connectivity index (χ2n) is 6.80. The summed E-state index contributed by atoms with van der Waals surface area (Å²) in [6, 6.07) is 2.46. The molecule has 2 aliphatic heterocycles. The Morgan fingerprint density at radius 3 is 2.35 bits per heavy atom. The maximum Gasteiger partial charge on any atom is 0.210 e. The van der Waals surface area contributed by atoms with E-state index in [9.17, 15) is 4.79 Å². The minimum atomic E-state index is 0.284. The fraction of sp³-hybridized carbons (Fsp3) is 0.588. The van der Waals surface area contributed by atoms with Crippen LogP contribution in [0.4, 0.5) is 11.4 Å². The average Bonchev–Trinajstić information content (AvgIpc) is 3.30. The molecule has 1 amide bonds. The van der Waals surface area contributed by atoms with Crippen molar-refractivity contribution in [2.75, 3.05) is 23.7 Å². The van der Waals surface area contributed by atoms with Crippen LogP contribution < -0.4 is 10.6 Å². The first kappa shape index (κ1) is 15.8. The minimum absolute atomic E-state index is 0.284. The molecule has 6 nitrogen and oxygen atoms in total. The predicted molar refractivity (Wildman–Crippen MR) is 91.9 cm³/mol. The van der Waals surface area contributed by atoms with E-state index in [4.69, 9.17) is 11.1 Å². The van der Waals surface area contributed by atoms with E-state index in [2.05, 4.69) is 16.8 Å². The molecule has 2 unspecified atom stereocenters. The van der Waals surface area contributed by atoms with E-state index >= 15 is 0 Å². The van der Waals surface area contributed by atoms with Gasteiger partial charge in [-0.25, -0.2) is 0 Å². The van der Waals surface area contributed by atoms with Crippen LogP contribution in [-0.2, 0) is 4.79 Å². The number of aromatic nitrogens is 1. The van der Waals surface area contributed by atoms with Crippen LogP contribution in [-0.4, -0.2) is 47.7 Å².